The minimum Gasteiger partial charge on any atom is -0.340 e. The fourth-order valence-corrected chi connectivity index (χ4v) is 3.94. The number of piperidine rings is 1. The van der Waals surface area contributed by atoms with Crippen molar-refractivity contribution in [1.29, 1.82) is 0 Å². The van der Waals surface area contributed by atoms with Gasteiger partial charge in [0.2, 0.25) is 5.91 Å². The number of halogens is 1. The van der Waals surface area contributed by atoms with Gasteiger partial charge in [-0.3, -0.25) is 4.79 Å². The summed E-state index contributed by atoms with van der Waals surface area (Å²) in [6.07, 6.45) is 12.2. The van der Waals surface area contributed by atoms with Crippen molar-refractivity contribution in [3.8, 4) is 23.6 Å². The lowest BCUT2D eigenvalue weighted by Gasteiger charge is -2.34. The van der Waals surface area contributed by atoms with Crippen molar-refractivity contribution in [2.75, 3.05) is 6.54 Å². The first-order chi connectivity index (χ1) is 14.1. The van der Waals surface area contributed by atoms with Crippen LogP contribution >= 0.6 is 0 Å². The number of terminal acetylenes is 1. The predicted molar refractivity (Wildman–Crippen MR) is 107 cm³/mol. The highest BCUT2D eigenvalue weighted by Crippen LogP contribution is 2.38. The van der Waals surface area contributed by atoms with Crippen LogP contribution in [0, 0.1) is 18.2 Å². The quantitative estimate of drug-likeness (QED) is 0.697. The monoisotopic (exact) mass is 393 g/mol. The van der Waals surface area contributed by atoms with Gasteiger partial charge in [-0.05, 0) is 31.4 Å². The first-order valence-electron chi connectivity index (χ1n) is 10.1. The van der Waals surface area contributed by atoms with Gasteiger partial charge in [-0.1, -0.05) is 12.1 Å². The van der Waals surface area contributed by atoms with Crippen LogP contribution in [0.2, 0.25) is 0 Å². The number of aromatic nitrogens is 2. The van der Waals surface area contributed by atoms with Crippen molar-refractivity contribution in [3.63, 3.8) is 0 Å². The summed E-state index contributed by atoms with van der Waals surface area (Å²) in [6.45, 7) is 0.713. The molecule has 1 amide bonds. The molecule has 29 heavy (non-hydrogen) atoms. The Labute approximate surface area is 169 Å². The Balaban J connectivity index is 1.44. The molecule has 1 aromatic heterocycles. The average molecular weight is 393 g/mol. The summed E-state index contributed by atoms with van der Waals surface area (Å²) in [6, 6.07) is 6.30. The molecule has 1 saturated heterocycles. The number of rotatable bonds is 7. The van der Waals surface area contributed by atoms with E-state index in [0.717, 1.165) is 36.3 Å². The van der Waals surface area contributed by atoms with E-state index in [1.807, 2.05) is 11.0 Å². The number of carbonyl (C=O) groups excluding carboxylic acids is 1. The second-order valence-corrected chi connectivity index (χ2v) is 7.68. The van der Waals surface area contributed by atoms with Gasteiger partial charge in [-0.15, -0.1) is 12.3 Å². The molecule has 4 rings (SSSR count). The van der Waals surface area contributed by atoms with Gasteiger partial charge in [-0.2, -0.15) is 10.2 Å². The topological polar surface area (TPSA) is 73.7 Å². The van der Waals surface area contributed by atoms with Crippen LogP contribution in [0.5, 0.6) is 0 Å². The molecular weight excluding hydrogens is 369 g/mol. The smallest absolute Gasteiger partial charge is 0.223 e. The molecule has 1 aromatic carbocycles. The second-order valence-electron chi connectivity index (χ2n) is 7.68. The lowest BCUT2D eigenvalue weighted by atomic mass is 9.98. The molecule has 2 aliphatic rings. The van der Waals surface area contributed by atoms with E-state index in [-0.39, 0.29) is 17.8 Å². The van der Waals surface area contributed by atoms with E-state index in [9.17, 15) is 9.18 Å². The van der Waals surface area contributed by atoms with Gasteiger partial charge in [-0.25, -0.2) is 9.37 Å². The van der Waals surface area contributed by atoms with Crippen LogP contribution in [0.3, 0.4) is 0 Å². The van der Waals surface area contributed by atoms with Crippen LogP contribution < -0.4 is 0 Å². The SMILES string of the molecule is C#CCCC1(CCC(=O)N2CCCCC2c2ncc(-c3cccc(F)c3)[nH]2)N=N1. The molecule has 0 spiro atoms. The van der Waals surface area contributed by atoms with Crippen molar-refractivity contribution in [2.24, 2.45) is 10.2 Å². The Bertz CT molecular complexity index is 954. The molecule has 150 valence electrons. The van der Waals surface area contributed by atoms with Crippen molar-refractivity contribution in [1.82, 2.24) is 14.9 Å². The Morgan fingerprint density at radius 2 is 2.21 bits per heavy atom. The van der Waals surface area contributed by atoms with Crippen molar-refractivity contribution in [3.05, 3.63) is 42.1 Å². The van der Waals surface area contributed by atoms with E-state index < -0.39 is 5.66 Å². The summed E-state index contributed by atoms with van der Waals surface area (Å²) in [5, 5.41) is 8.24. The summed E-state index contributed by atoms with van der Waals surface area (Å²) in [5.74, 6) is 3.17. The number of H-pyrrole nitrogens is 1. The number of aromatic amines is 1. The summed E-state index contributed by atoms with van der Waals surface area (Å²) in [4.78, 5) is 22.7. The number of nitrogens with one attached hydrogen (secondary N) is 1. The van der Waals surface area contributed by atoms with E-state index >= 15 is 0 Å². The fourth-order valence-electron chi connectivity index (χ4n) is 3.94. The first-order valence-corrected chi connectivity index (χ1v) is 10.1. The summed E-state index contributed by atoms with van der Waals surface area (Å²) in [5.41, 5.74) is 1.05. The summed E-state index contributed by atoms with van der Waals surface area (Å²) in [7, 11) is 0. The number of carbonyl (C=O) groups is 1. The number of amides is 1. The molecule has 0 bridgehead atoms. The maximum atomic E-state index is 13.5. The van der Waals surface area contributed by atoms with E-state index in [0.29, 0.717) is 32.2 Å². The van der Waals surface area contributed by atoms with Gasteiger partial charge < -0.3 is 9.88 Å². The van der Waals surface area contributed by atoms with Crippen molar-refractivity contribution in [2.45, 2.75) is 56.7 Å². The molecule has 6 nitrogen and oxygen atoms in total. The standard InChI is InChI=1S/C22H24FN5O/c1-2-3-11-22(26-27-22)12-10-20(29)28-13-5-4-9-19(28)21-24-15-18(25-21)16-7-6-8-17(23)14-16/h1,6-8,14-15,19H,3-5,9-13H2,(H,24,25). The minimum absolute atomic E-state index is 0.0895. The fraction of sp³-hybridized carbons (Fsp3) is 0.455. The van der Waals surface area contributed by atoms with Crippen molar-refractivity contribution >= 4 is 5.91 Å². The van der Waals surface area contributed by atoms with E-state index in [2.05, 4.69) is 26.1 Å². The third-order valence-corrected chi connectivity index (χ3v) is 5.66. The number of hydrogen-bond acceptors (Lipinski definition) is 4. The van der Waals surface area contributed by atoms with Gasteiger partial charge in [0.15, 0.2) is 5.66 Å². The van der Waals surface area contributed by atoms with E-state index in [4.69, 9.17) is 6.42 Å². The average Bonchev–Trinajstić information content (AvgIpc) is 3.34. The van der Waals surface area contributed by atoms with E-state index in [1.165, 1.54) is 12.1 Å². The molecule has 1 fully saturated rings. The Kier molecular flexibility index (Phi) is 5.43. The van der Waals surface area contributed by atoms with E-state index in [1.54, 1.807) is 12.3 Å². The molecule has 1 atom stereocenters. The molecule has 2 aromatic rings. The third kappa shape index (κ3) is 4.37. The molecular formula is C22H24FN5O. The van der Waals surface area contributed by atoms with Gasteiger partial charge in [0, 0.05) is 37.8 Å². The summed E-state index contributed by atoms with van der Waals surface area (Å²) >= 11 is 0. The predicted octanol–water partition coefficient (Wildman–Crippen LogP) is 4.63. The zero-order valence-electron chi connectivity index (χ0n) is 16.3. The molecule has 1 unspecified atom stereocenters. The zero-order valence-corrected chi connectivity index (χ0v) is 16.3. The molecule has 3 heterocycles. The number of hydrogen-bond donors (Lipinski definition) is 1. The summed E-state index contributed by atoms with van der Waals surface area (Å²) < 4.78 is 13.5. The number of likely N-dealkylation sites (tertiary alicyclic amines) is 1. The Morgan fingerprint density at radius 1 is 1.34 bits per heavy atom. The van der Waals surface area contributed by atoms with Crippen molar-refractivity contribution < 1.29 is 9.18 Å². The Hall–Kier alpha value is -3.01. The molecule has 1 N–H and O–H groups in total. The second kappa shape index (κ2) is 8.16. The van der Waals surface area contributed by atoms with Gasteiger partial charge in [0.05, 0.1) is 17.9 Å². The number of benzene rings is 1. The van der Waals surface area contributed by atoms with Crippen LogP contribution in [0.4, 0.5) is 4.39 Å². The molecule has 0 saturated carbocycles. The van der Waals surface area contributed by atoms with Crippen LogP contribution in [0.1, 0.15) is 56.8 Å². The molecule has 0 radical (unpaired) electrons. The van der Waals surface area contributed by atoms with Gasteiger partial charge in [0.1, 0.15) is 11.6 Å². The maximum absolute atomic E-state index is 13.5. The Morgan fingerprint density at radius 3 is 2.97 bits per heavy atom. The van der Waals surface area contributed by atoms with Crippen LogP contribution in [-0.4, -0.2) is 33.0 Å². The van der Waals surface area contributed by atoms with Crippen LogP contribution in [-0.2, 0) is 4.79 Å². The lowest BCUT2D eigenvalue weighted by Crippen LogP contribution is -2.39. The molecule has 7 heteroatoms. The van der Waals surface area contributed by atoms with Crippen LogP contribution in [0.25, 0.3) is 11.3 Å². The highest BCUT2D eigenvalue weighted by molar-refractivity contribution is 5.77. The maximum Gasteiger partial charge on any atom is 0.223 e. The zero-order chi connectivity index (χ0) is 20.3. The molecule has 2 aliphatic heterocycles. The normalized spacial score (nSPS) is 19.7. The molecule has 0 aliphatic carbocycles. The minimum atomic E-state index is -0.442. The lowest BCUT2D eigenvalue weighted by molar-refractivity contribution is -0.135. The van der Waals surface area contributed by atoms with Crippen LogP contribution in [0.15, 0.2) is 40.7 Å². The highest BCUT2D eigenvalue weighted by atomic mass is 19.1. The number of nitrogens with zero attached hydrogens (tertiary/aromatic N) is 4. The van der Waals surface area contributed by atoms with Gasteiger partial charge in [0.25, 0.3) is 0 Å². The number of imidazole rings is 1. The van der Waals surface area contributed by atoms with Gasteiger partial charge >= 0.3 is 0 Å². The largest absolute Gasteiger partial charge is 0.340 e. The highest BCUT2D eigenvalue weighted by Gasteiger charge is 2.40. The first kappa shape index (κ1) is 19.3. The third-order valence-electron chi connectivity index (χ3n) is 5.66.